The van der Waals surface area contributed by atoms with E-state index in [1.54, 1.807) is 0 Å². The molecule has 1 unspecified atom stereocenters. The molecule has 92 valence electrons. The van der Waals surface area contributed by atoms with Crippen LogP contribution in [0.5, 0.6) is 0 Å². The molecule has 0 amide bonds. The van der Waals surface area contributed by atoms with Gasteiger partial charge in [0.05, 0.1) is 0 Å². The maximum Gasteiger partial charge on any atom is -1.00 e. The first kappa shape index (κ1) is 19.8. The molecule has 0 radical (unpaired) electrons. The summed E-state index contributed by atoms with van der Waals surface area (Å²) in [4.78, 5) is 0. The van der Waals surface area contributed by atoms with Crippen molar-refractivity contribution < 1.29 is 40.9 Å². The maximum absolute atomic E-state index is 2.53. The Morgan fingerprint density at radius 2 is 1.81 bits per heavy atom. The number of rotatable bonds is 2. The van der Waals surface area contributed by atoms with Gasteiger partial charge in [-0.1, -0.05) is 0 Å². The van der Waals surface area contributed by atoms with Gasteiger partial charge in [-0.15, -0.1) is 0 Å². The minimum atomic E-state index is -0.847. The topological polar surface area (TPSA) is 0 Å². The van der Waals surface area contributed by atoms with Crippen LogP contribution in [0.2, 0.25) is 13.1 Å². The number of hydrogen-bond acceptors (Lipinski definition) is 0. The van der Waals surface area contributed by atoms with Gasteiger partial charge >= 0.3 is 96.4 Å². The smallest absolute Gasteiger partial charge is 1.00 e. The third kappa shape index (κ3) is 6.99. The quantitative estimate of drug-likeness (QED) is 0.410. The van der Waals surface area contributed by atoms with Gasteiger partial charge in [-0.2, -0.15) is 0 Å². The molecule has 1 atom stereocenters. The van der Waals surface area contributed by atoms with Crippen molar-refractivity contribution in [2.45, 2.75) is 45.4 Å². The van der Waals surface area contributed by atoms with Crippen LogP contribution in [-0.2, 0) is 16.1 Å². The van der Waals surface area contributed by atoms with Crippen LogP contribution < -0.4 is 24.8 Å². The molecule has 0 bridgehead atoms. The number of halogens is 2. The Balaban J connectivity index is 0. The van der Waals surface area contributed by atoms with Crippen LogP contribution in [-0.4, -0.2) is 11.3 Å². The van der Waals surface area contributed by atoms with Crippen molar-refractivity contribution in [2.24, 2.45) is 0 Å². The Morgan fingerprint density at radius 3 is 2.12 bits per heavy atom. The largest absolute Gasteiger partial charge is 1.00 e. The third-order valence-corrected chi connectivity index (χ3v) is 25.4. The van der Waals surface area contributed by atoms with E-state index in [0.717, 1.165) is 0 Å². The summed E-state index contributed by atoms with van der Waals surface area (Å²) in [6.45, 7) is 13.5. The molecule has 0 spiro atoms. The molecule has 1 rings (SSSR count). The van der Waals surface area contributed by atoms with E-state index < -0.39 is 16.1 Å². The minimum absolute atomic E-state index is 0. The van der Waals surface area contributed by atoms with Gasteiger partial charge in [0.1, 0.15) is 0 Å². The molecule has 0 aliphatic heterocycles. The van der Waals surface area contributed by atoms with Crippen molar-refractivity contribution >= 4 is 12.8 Å². The van der Waals surface area contributed by atoms with Crippen molar-refractivity contribution in [2.75, 3.05) is 0 Å². The van der Waals surface area contributed by atoms with Crippen molar-refractivity contribution in [3.05, 3.63) is 22.1 Å². The molecule has 0 aromatic rings. The molecule has 0 heterocycles. The van der Waals surface area contributed by atoms with E-state index in [1.807, 2.05) is 3.88 Å². The molecular weight excluding hydrogens is 310 g/mol. The normalized spacial score (nSPS) is 13.9. The zero-order chi connectivity index (χ0) is 10.8. The SMILES string of the molecule is C[Si](C)=[Ti+2]([PH]C(C)(C)C)[C]1=CC=CC1.[Cl-].[Cl-]. The van der Waals surface area contributed by atoms with E-state index in [1.165, 1.54) is 13.0 Å². The van der Waals surface area contributed by atoms with Crippen LogP contribution in [0.15, 0.2) is 22.1 Å². The first-order valence-corrected chi connectivity index (χ1v) is 14.2. The second kappa shape index (κ2) is 8.51. The summed E-state index contributed by atoms with van der Waals surface area (Å²) in [5.74, 6) is 0. The fourth-order valence-corrected chi connectivity index (χ4v) is 22.0. The predicted octanol–water partition coefficient (Wildman–Crippen LogP) is -1.90. The number of hydrogen-bond donors (Lipinski definition) is 0. The van der Waals surface area contributed by atoms with Crippen molar-refractivity contribution in [3.8, 4) is 0 Å². The van der Waals surface area contributed by atoms with Gasteiger partial charge < -0.3 is 24.8 Å². The first-order chi connectivity index (χ1) is 6.40. The van der Waals surface area contributed by atoms with E-state index in [9.17, 15) is 0 Å². The molecule has 0 aromatic carbocycles. The second-order valence-corrected chi connectivity index (χ2v) is 23.0. The standard InChI is InChI=1S/C5H5.C4H10P.C2H6Si.2ClH.Ti/c1-2-4-5-3-1;1-4(2,3)5;1-3-2;;;/h1-3H,4H2;5H,1-3H3;1-2H3;2*1H;/q;-1;;;;+3/p-2. The van der Waals surface area contributed by atoms with Crippen LogP contribution in [0.25, 0.3) is 0 Å². The van der Waals surface area contributed by atoms with Gasteiger partial charge in [0.15, 0.2) is 0 Å². The third-order valence-electron chi connectivity index (χ3n) is 2.09. The Hall–Kier alpha value is 1.42. The van der Waals surface area contributed by atoms with Gasteiger partial charge in [0.25, 0.3) is 0 Å². The Labute approximate surface area is 120 Å². The molecule has 0 saturated carbocycles. The van der Waals surface area contributed by atoms with Crippen LogP contribution in [0, 0.1) is 0 Å². The Morgan fingerprint density at radius 1 is 1.25 bits per heavy atom. The van der Waals surface area contributed by atoms with Crippen molar-refractivity contribution in [1.82, 2.24) is 0 Å². The molecule has 1 aliphatic carbocycles. The maximum atomic E-state index is 2.53. The van der Waals surface area contributed by atoms with E-state index in [4.69, 9.17) is 0 Å². The van der Waals surface area contributed by atoms with E-state index >= 15 is 0 Å². The molecule has 0 saturated heterocycles. The molecule has 5 heteroatoms. The first-order valence-electron chi connectivity index (χ1n) is 5.22. The fourth-order valence-electron chi connectivity index (χ4n) is 1.53. The molecule has 0 N–H and O–H groups in total. The molecule has 1 aliphatic rings. The van der Waals surface area contributed by atoms with Gasteiger partial charge in [-0.05, 0) is 0 Å². The molecule has 0 fully saturated rings. The van der Waals surface area contributed by atoms with E-state index in [-0.39, 0.29) is 31.0 Å². The van der Waals surface area contributed by atoms with E-state index in [2.05, 4.69) is 52.1 Å². The zero-order valence-electron chi connectivity index (χ0n) is 10.7. The minimum Gasteiger partial charge on any atom is -1.00 e. The fraction of sp³-hybridized carbons (Fsp3) is 0.636. The zero-order valence-corrected chi connectivity index (χ0v) is 15.8. The van der Waals surface area contributed by atoms with Crippen LogP contribution in [0.4, 0.5) is 0 Å². The molecular formula is C11H21Cl2PSiTi. The summed E-state index contributed by atoms with van der Waals surface area (Å²) >= 11 is -0.847. The Bertz CT molecular complexity index is 312. The molecule has 0 nitrogen and oxygen atoms in total. The predicted molar refractivity (Wildman–Crippen MR) is 67.4 cm³/mol. The van der Waals surface area contributed by atoms with Gasteiger partial charge in [0.2, 0.25) is 0 Å². The van der Waals surface area contributed by atoms with Crippen LogP contribution >= 0.6 is 6.57 Å². The van der Waals surface area contributed by atoms with Crippen molar-refractivity contribution in [3.63, 3.8) is 0 Å². The Kier molecular flexibility index (Phi) is 10.5. The summed E-state index contributed by atoms with van der Waals surface area (Å²) in [6, 6.07) is 0. The van der Waals surface area contributed by atoms with Crippen molar-refractivity contribution in [1.29, 1.82) is 0 Å². The van der Waals surface area contributed by atoms with Crippen LogP contribution in [0.3, 0.4) is 0 Å². The second-order valence-electron chi connectivity index (χ2n) is 5.07. The monoisotopic (exact) mass is 330 g/mol. The summed E-state index contributed by atoms with van der Waals surface area (Å²) in [6.07, 6.45) is 8.29. The summed E-state index contributed by atoms with van der Waals surface area (Å²) in [7, 11) is 0. The summed E-state index contributed by atoms with van der Waals surface area (Å²) in [5, 5.41) is 0.570. The van der Waals surface area contributed by atoms with Crippen LogP contribution in [0.1, 0.15) is 27.2 Å². The average molecular weight is 331 g/mol. The molecule has 16 heavy (non-hydrogen) atoms. The van der Waals surface area contributed by atoms with Gasteiger partial charge in [0, 0.05) is 0 Å². The molecule has 0 aromatic heterocycles. The number of allylic oxidation sites excluding steroid dienone is 4. The van der Waals surface area contributed by atoms with Gasteiger partial charge in [-0.25, -0.2) is 0 Å². The van der Waals surface area contributed by atoms with Gasteiger partial charge in [-0.3, -0.25) is 0 Å². The average Bonchev–Trinajstić information content (AvgIpc) is 2.49. The van der Waals surface area contributed by atoms with E-state index in [0.29, 0.717) is 5.16 Å². The summed E-state index contributed by atoms with van der Waals surface area (Å²) < 4.78 is 1.86. The summed E-state index contributed by atoms with van der Waals surface area (Å²) in [5.41, 5.74) is 0.